The number of nitrogens with zero attached hydrogens (tertiary/aromatic N) is 3. The first kappa shape index (κ1) is 21.5. The van der Waals surface area contributed by atoms with Crippen LogP contribution in [0, 0.1) is 5.92 Å². The highest BCUT2D eigenvalue weighted by Crippen LogP contribution is 2.38. The summed E-state index contributed by atoms with van der Waals surface area (Å²) in [6.45, 7) is 1.81. The molecule has 4 nitrogen and oxygen atoms in total. The Hall–Kier alpha value is -2.69. The first-order valence-electron chi connectivity index (χ1n) is 9.01. The number of hydrogen-bond donors (Lipinski definition) is 1. The fraction of sp³-hybridized carbons (Fsp3) is 0.250. The topological polar surface area (TPSA) is 54.5 Å². The Morgan fingerprint density at radius 3 is 2.42 bits per heavy atom. The van der Waals surface area contributed by atoms with Crippen molar-refractivity contribution in [2.75, 3.05) is 0 Å². The van der Waals surface area contributed by atoms with Crippen molar-refractivity contribution in [3.05, 3.63) is 63.9 Å². The summed E-state index contributed by atoms with van der Waals surface area (Å²) in [7, 11) is 0. The van der Waals surface area contributed by atoms with Gasteiger partial charge in [-0.3, -0.25) is 0 Å². The maximum Gasteiger partial charge on any atom is 0.433 e. The minimum atomic E-state index is -4.58. The molecule has 0 saturated heterocycles. The van der Waals surface area contributed by atoms with Crippen molar-refractivity contribution in [3.8, 4) is 0 Å². The molecular weight excluding hydrogens is 490 g/mol. The number of aromatic amines is 1. The number of aromatic nitrogens is 4. The van der Waals surface area contributed by atoms with Gasteiger partial charge in [0.25, 0.3) is 0 Å². The molecule has 1 aliphatic carbocycles. The van der Waals surface area contributed by atoms with Crippen LogP contribution in [0.15, 0.2) is 41.0 Å². The summed E-state index contributed by atoms with van der Waals surface area (Å²) in [6, 6.07) is 2.76. The third kappa shape index (κ3) is 4.23. The van der Waals surface area contributed by atoms with E-state index < -0.39 is 23.6 Å². The van der Waals surface area contributed by atoms with E-state index in [1.54, 1.807) is 12.2 Å². The smallest absolute Gasteiger partial charge is 0.338 e. The SMILES string of the molecule is C[C@H]1CC(c2nc3c(Br)cc(C(F)(F)F)cc3[nH]2)=CC=C1c1nccc(C(F)(F)F)n1. The predicted molar refractivity (Wildman–Crippen MR) is 106 cm³/mol. The van der Waals surface area contributed by atoms with E-state index in [0.717, 1.165) is 24.4 Å². The van der Waals surface area contributed by atoms with E-state index in [4.69, 9.17) is 0 Å². The van der Waals surface area contributed by atoms with Crippen molar-refractivity contribution in [2.24, 2.45) is 5.92 Å². The zero-order chi connectivity index (χ0) is 22.6. The molecule has 2 aromatic heterocycles. The van der Waals surface area contributed by atoms with E-state index in [1.165, 1.54) is 0 Å². The second-order valence-electron chi connectivity index (χ2n) is 7.12. The van der Waals surface area contributed by atoms with E-state index in [1.807, 2.05) is 6.92 Å². The van der Waals surface area contributed by atoms with Crippen LogP contribution in [0.3, 0.4) is 0 Å². The van der Waals surface area contributed by atoms with Gasteiger partial charge >= 0.3 is 12.4 Å². The van der Waals surface area contributed by atoms with Crippen molar-refractivity contribution >= 4 is 38.1 Å². The van der Waals surface area contributed by atoms with Crippen LogP contribution in [0.2, 0.25) is 0 Å². The zero-order valence-corrected chi connectivity index (χ0v) is 17.3. The van der Waals surface area contributed by atoms with Gasteiger partial charge in [0.15, 0.2) is 5.82 Å². The van der Waals surface area contributed by atoms with Crippen molar-refractivity contribution in [3.63, 3.8) is 0 Å². The summed E-state index contributed by atoms with van der Waals surface area (Å²) in [4.78, 5) is 14.9. The molecule has 3 aromatic rings. The quantitative estimate of drug-likeness (QED) is 0.398. The molecule has 0 spiro atoms. The number of fused-ring (bicyclic) bond motifs is 1. The minimum absolute atomic E-state index is 0.0141. The van der Waals surface area contributed by atoms with Gasteiger partial charge in [-0.1, -0.05) is 19.1 Å². The van der Waals surface area contributed by atoms with Gasteiger partial charge in [-0.15, -0.1) is 0 Å². The highest BCUT2D eigenvalue weighted by atomic mass is 79.9. The molecule has 0 unspecified atom stereocenters. The Labute approximate surface area is 180 Å². The molecule has 0 amide bonds. The number of allylic oxidation sites excluding steroid dienone is 4. The third-order valence-electron chi connectivity index (χ3n) is 4.90. The number of benzene rings is 1. The largest absolute Gasteiger partial charge is 0.433 e. The molecule has 162 valence electrons. The summed E-state index contributed by atoms with van der Waals surface area (Å²) in [5, 5.41) is 0. The van der Waals surface area contributed by atoms with E-state index in [9.17, 15) is 26.3 Å². The lowest BCUT2D eigenvalue weighted by molar-refractivity contribution is -0.141. The summed E-state index contributed by atoms with van der Waals surface area (Å²) in [5.74, 6) is 0.146. The van der Waals surface area contributed by atoms with E-state index in [2.05, 4.69) is 35.9 Å². The number of halogens is 7. The molecule has 1 aromatic carbocycles. The Bertz CT molecular complexity index is 1220. The van der Waals surface area contributed by atoms with Crippen LogP contribution in [0.5, 0.6) is 0 Å². The van der Waals surface area contributed by atoms with Gasteiger partial charge in [0.05, 0.1) is 11.1 Å². The molecule has 0 radical (unpaired) electrons. The lowest BCUT2D eigenvalue weighted by Gasteiger charge is -2.20. The van der Waals surface area contributed by atoms with Gasteiger partial charge < -0.3 is 4.98 Å². The maximum absolute atomic E-state index is 13.1. The molecule has 11 heteroatoms. The number of alkyl halides is 6. The Kier molecular flexibility index (Phi) is 5.19. The molecule has 0 fully saturated rings. The van der Waals surface area contributed by atoms with Crippen molar-refractivity contribution in [1.82, 2.24) is 19.9 Å². The summed E-state index contributed by atoms with van der Waals surface area (Å²) >= 11 is 3.13. The molecule has 1 N–H and O–H groups in total. The van der Waals surface area contributed by atoms with Gasteiger partial charge in [-0.2, -0.15) is 26.3 Å². The lowest BCUT2D eigenvalue weighted by atomic mass is 9.87. The number of hydrogen-bond acceptors (Lipinski definition) is 3. The molecule has 0 saturated carbocycles. The van der Waals surface area contributed by atoms with Crippen LogP contribution in [-0.2, 0) is 12.4 Å². The maximum atomic E-state index is 13.1. The standard InChI is InChI=1S/C20H13BrF6N4/c1-9-6-10(2-3-12(9)18-28-5-4-15(30-18)20(25,26)27)17-29-14-8-11(19(22,23)24)7-13(21)16(14)31-17/h2-5,7-9H,6H2,1H3,(H,29,31)/t9-/m0/s1. The van der Waals surface area contributed by atoms with Crippen LogP contribution >= 0.6 is 15.9 Å². The van der Waals surface area contributed by atoms with Gasteiger partial charge in [-0.05, 0) is 57.6 Å². The van der Waals surface area contributed by atoms with E-state index in [0.29, 0.717) is 28.9 Å². The average molecular weight is 503 g/mol. The van der Waals surface area contributed by atoms with Crippen LogP contribution in [0.25, 0.3) is 22.2 Å². The molecule has 1 aliphatic rings. The minimum Gasteiger partial charge on any atom is -0.338 e. The van der Waals surface area contributed by atoms with Crippen molar-refractivity contribution in [1.29, 1.82) is 0 Å². The Morgan fingerprint density at radius 2 is 1.77 bits per heavy atom. The van der Waals surface area contributed by atoms with Crippen molar-refractivity contribution < 1.29 is 26.3 Å². The lowest BCUT2D eigenvalue weighted by Crippen LogP contribution is -2.13. The Morgan fingerprint density at radius 1 is 1.03 bits per heavy atom. The van der Waals surface area contributed by atoms with Gasteiger partial charge in [0, 0.05) is 10.7 Å². The number of imidazole rings is 1. The molecular formula is C20H13BrF6N4. The van der Waals surface area contributed by atoms with Crippen molar-refractivity contribution in [2.45, 2.75) is 25.7 Å². The average Bonchev–Trinajstić information content (AvgIpc) is 3.12. The molecule has 2 heterocycles. The van der Waals surface area contributed by atoms with Gasteiger partial charge in [-0.25, -0.2) is 15.0 Å². The second-order valence-corrected chi connectivity index (χ2v) is 7.97. The van der Waals surface area contributed by atoms with Crippen LogP contribution in [-0.4, -0.2) is 19.9 Å². The Balaban J connectivity index is 1.71. The van der Waals surface area contributed by atoms with Gasteiger partial charge in [0.1, 0.15) is 17.0 Å². The highest BCUT2D eigenvalue weighted by molar-refractivity contribution is 9.10. The normalized spacial score (nSPS) is 17.6. The molecule has 1 atom stereocenters. The fourth-order valence-corrected chi connectivity index (χ4v) is 3.93. The van der Waals surface area contributed by atoms with Crippen LogP contribution < -0.4 is 0 Å². The number of nitrogens with one attached hydrogen (secondary N) is 1. The first-order valence-corrected chi connectivity index (χ1v) is 9.81. The van der Waals surface area contributed by atoms with Gasteiger partial charge in [0.2, 0.25) is 0 Å². The highest BCUT2D eigenvalue weighted by Gasteiger charge is 2.34. The summed E-state index contributed by atoms with van der Waals surface area (Å²) in [6.07, 6.45) is -4.34. The number of H-pyrrole nitrogens is 1. The number of rotatable bonds is 2. The summed E-state index contributed by atoms with van der Waals surface area (Å²) in [5.41, 5.74) is -0.0138. The first-order chi connectivity index (χ1) is 14.4. The second kappa shape index (κ2) is 7.47. The molecule has 31 heavy (non-hydrogen) atoms. The fourth-order valence-electron chi connectivity index (χ4n) is 3.38. The molecule has 0 bridgehead atoms. The zero-order valence-electron chi connectivity index (χ0n) is 15.7. The monoisotopic (exact) mass is 502 g/mol. The van der Waals surface area contributed by atoms with E-state index >= 15 is 0 Å². The van der Waals surface area contributed by atoms with Crippen LogP contribution in [0.4, 0.5) is 26.3 Å². The summed E-state index contributed by atoms with van der Waals surface area (Å²) < 4.78 is 78.2. The molecule has 0 aliphatic heterocycles. The predicted octanol–water partition coefficient (Wildman–Crippen LogP) is 6.66. The molecule has 4 rings (SSSR count). The third-order valence-corrected chi connectivity index (χ3v) is 5.50. The van der Waals surface area contributed by atoms with E-state index in [-0.39, 0.29) is 21.7 Å². The van der Waals surface area contributed by atoms with Crippen LogP contribution in [0.1, 0.15) is 36.3 Å².